The van der Waals surface area contributed by atoms with E-state index in [1.165, 1.54) is 0 Å². The van der Waals surface area contributed by atoms with Crippen LogP contribution >= 0.6 is 0 Å². The average Bonchev–Trinajstić information content (AvgIpc) is 2.29. The highest BCUT2D eigenvalue weighted by Gasteiger charge is 1.97. The molecule has 0 fully saturated rings. The summed E-state index contributed by atoms with van der Waals surface area (Å²) < 4.78 is 4.96. The molecule has 1 aromatic carbocycles. The fourth-order valence-corrected chi connectivity index (χ4v) is 1.20. The van der Waals surface area contributed by atoms with Crippen LogP contribution in [0.15, 0.2) is 35.3 Å². The normalized spacial score (nSPS) is 11.5. The largest absolute Gasteiger partial charge is 0.385 e. The zero-order chi connectivity index (χ0) is 10.9. The molecule has 3 N–H and O–H groups in total. The van der Waals surface area contributed by atoms with Gasteiger partial charge in [-0.15, -0.1) is 0 Å². The van der Waals surface area contributed by atoms with Gasteiger partial charge in [-0.05, 0) is 18.6 Å². The quantitative estimate of drug-likeness (QED) is 0.253. The Morgan fingerprint density at radius 3 is 2.73 bits per heavy atom. The van der Waals surface area contributed by atoms with Crippen molar-refractivity contribution in [1.29, 1.82) is 0 Å². The van der Waals surface area contributed by atoms with E-state index in [0.29, 0.717) is 0 Å². The molecule has 4 heteroatoms. The Hall–Kier alpha value is -1.39. The summed E-state index contributed by atoms with van der Waals surface area (Å²) in [7, 11) is 1.68. The number of rotatable bonds is 5. The molecule has 0 bridgehead atoms. The van der Waals surface area contributed by atoms with Crippen LogP contribution in [-0.2, 0) is 4.74 Å². The first-order chi connectivity index (χ1) is 7.36. The molecule has 0 amide bonds. The summed E-state index contributed by atoms with van der Waals surface area (Å²) in [5.41, 5.74) is 3.51. The number of benzene rings is 1. The smallest absolute Gasteiger partial charge is 0.116 e. The van der Waals surface area contributed by atoms with Crippen LogP contribution in [0, 0.1) is 0 Å². The number of nitrogens with two attached hydrogens (primary N) is 1. The Morgan fingerprint density at radius 2 is 2.13 bits per heavy atom. The molecule has 1 aromatic rings. The summed E-state index contributed by atoms with van der Waals surface area (Å²) in [5, 5.41) is 0. The summed E-state index contributed by atoms with van der Waals surface area (Å²) >= 11 is 0. The first kappa shape index (κ1) is 11.7. The van der Waals surface area contributed by atoms with Crippen LogP contribution in [0.3, 0.4) is 0 Å². The number of ether oxygens (including phenoxy) is 1. The molecule has 0 aliphatic rings. The predicted molar refractivity (Wildman–Crippen MR) is 62.0 cm³/mol. The van der Waals surface area contributed by atoms with E-state index >= 15 is 0 Å². The van der Waals surface area contributed by atoms with E-state index in [2.05, 4.69) is 10.4 Å². The molecule has 0 aliphatic carbocycles. The van der Waals surface area contributed by atoms with Crippen molar-refractivity contribution in [2.75, 3.05) is 13.7 Å². The molecule has 0 aliphatic heterocycles. The van der Waals surface area contributed by atoms with Gasteiger partial charge in [0.2, 0.25) is 0 Å². The maximum atomic E-state index is 5.38. The highest BCUT2D eigenvalue weighted by molar-refractivity contribution is 5.84. The Bertz CT molecular complexity index is 298. The lowest BCUT2D eigenvalue weighted by Crippen LogP contribution is -2.30. The predicted octanol–water partition coefficient (Wildman–Crippen LogP) is 1.61. The number of hydrogen-bond acceptors (Lipinski definition) is 3. The molecule has 0 saturated carbocycles. The van der Waals surface area contributed by atoms with Crippen molar-refractivity contribution in [3.8, 4) is 0 Å². The maximum Gasteiger partial charge on any atom is 0.116 e. The maximum absolute atomic E-state index is 5.38. The fourth-order valence-electron chi connectivity index (χ4n) is 1.20. The Balaban J connectivity index is 2.54. The van der Waals surface area contributed by atoms with E-state index < -0.39 is 0 Å². The molecule has 0 aromatic heterocycles. The number of hydrogen-bond donors (Lipinski definition) is 2. The lowest BCUT2D eigenvalue weighted by atomic mass is 10.3. The third-order valence-electron chi connectivity index (χ3n) is 1.95. The number of amidine groups is 1. The first-order valence-electron chi connectivity index (χ1n) is 4.95. The van der Waals surface area contributed by atoms with E-state index in [-0.39, 0.29) is 0 Å². The number of methoxy groups -OCH3 is 1. The standard InChI is InChI=1S/C11H17N3O/c1-15-9-5-8-11(14-12)13-10-6-3-2-4-7-10/h2-4,6-7H,5,8-9,12H2,1H3,(H,13,14). The molecular weight excluding hydrogens is 190 g/mol. The third-order valence-corrected chi connectivity index (χ3v) is 1.95. The Kier molecular flexibility index (Phi) is 5.43. The molecule has 4 nitrogen and oxygen atoms in total. The molecule has 1 rings (SSSR count). The van der Waals surface area contributed by atoms with Crippen molar-refractivity contribution >= 4 is 11.5 Å². The van der Waals surface area contributed by atoms with E-state index in [0.717, 1.165) is 31.0 Å². The number of nitrogens with one attached hydrogen (secondary N) is 1. The van der Waals surface area contributed by atoms with Gasteiger partial charge in [0.05, 0.1) is 5.69 Å². The molecule has 82 valence electrons. The summed E-state index contributed by atoms with van der Waals surface area (Å²) in [6.45, 7) is 0.718. The zero-order valence-corrected chi connectivity index (χ0v) is 8.94. The summed E-state index contributed by atoms with van der Waals surface area (Å²) in [4.78, 5) is 4.37. The van der Waals surface area contributed by atoms with Gasteiger partial charge in [-0.3, -0.25) is 0 Å². The topological polar surface area (TPSA) is 59.6 Å². The number of hydrazine groups is 1. The second-order valence-corrected chi connectivity index (χ2v) is 3.13. The molecule has 0 radical (unpaired) electrons. The Morgan fingerprint density at radius 1 is 1.40 bits per heavy atom. The van der Waals surface area contributed by atoms with Crippen LogP contribution < -0.4 is 11.3 Å². The number of nitrogens with zero attached hydrogens (tertiary/aromatic N) is 1. The van der Waals surface area contributed by atoms with E-state index in [4.69, 9.17) is 10.6 Å². The zero-order valence-electron chi connectivity index (χ0n) is 8.94. The van der Waals surface area contributed by atoms with Gasteiger partial charge >= 0.3 is 0 Å². The van der Waals surface area contributed by atoms with Crippen LogP contribution in [0.25, 0.3) is 0 Å². The van der Waals surface area contributed by atoms with Crippen LogP contribution in [0.4, 0.5) is 5.69 Å². The lowest BCUT2D eigenvalue weighted by Gasteiger charge is -2.04. The van der Waals surface area contributed by atoms with Gasteiger partial charge in [0.25, 0.3) is 0 Å². The van der Waals surface area contributed by atoms with E-state index in [1.807, 2.05) is 30.3 Å². The minimum absolute atomic E-state index is 0.718. The van der Waals surface area contributed by atoms with Gasteiger partial charge in [0.15, 0.2) is 0 Å². The van der Waals surface area contributed by atoms with Crippen molar-refractivity contribution in [2.24, 2.45) is 10.8 Å². The van der Waals surface area contributed by atoms with Gasteiger partial charge in [-0.1, -0.05) is 18.2 Å². The van der Waals surface area contributed by atoms with Crippen molar-refractivity contribution < 1.29 is 4.74 Å². The molecule has 15 heavy (non-hydrogen) atoms. The van der Waals surface area contributed by atoms with E-state index in [1.54, 1.807) is 7.11 Å². The lowest BCUT2D eigenvalue weighted by molar-refractivity contribution is 0.196. The van der Waals surface area contributed by atoms with Crippen LogP contribution in [-0.4, -0.2) is 19.6 Å². The van der Waals surface area contributed by atoms with Crippen molar-refractivity contribution in [1.82, 2.24) is 5.43 Å². The minimum atomic E-state index is 0.718. The Labute approximate surface area is 90.1 Å². The van der Waals surface area contributed by atoms with E-state index in [9.17, 15) is 0 Å². The average molecular weight is 207 g/mol. The van der Waals surface area contributed by atoms with Gasteiger partial charge in [0.1, 0.15) is 5.84 Å². The summed E-state index contributed by atoms with van der Waals surface area (Å²) in [5.74, 6) is 6.16. The second-order valence-electron chi connectivity index (χ2n) is 3.13. The molecule has 0 unspecified atom stereocenters. The number of aliphatic imine (C=N–C) groups is 1. The first-order valence-corrected chi connectivity index (χ1v) is 4.95. The third kappa shape index (κ3) is 4.58. The number of para-hydroxylation sites is 1. The summed E-state index contributed by atoms with van der Waals surface area (Å²) in [6, 6.07) is 9.73. The summed E-state index contributed by atoms with van der Waals surface area (Å²) in [6.07, 6.45) is 1.70. The highest BCUT2D eigenvalue weighted by atomic mass is 16.5. The van der Waals surface area contributed by atoms with Gasteiger partial charge < -0.3 is 10.2 Å². The molecule has 0 saturated heterocycles. The van der Waals surface area contributed by atoms with Crippen molar-refractivity contribution in [3.05, 3.63) is 30.3 Å². The van der Waals surface area contributed by atoms with Gasteiger partial charge in [0, 0.05) is 20.1 Å². The SMILES string of the molecule is COCCCC(=Nc1ccccc1)NN. The molecule has 0 heterocycles. The van der Waals surface area contributed by atoms with Crippen LogP contribution in [0.1, 0.15) is 12.8 Å². The van der Waals surface area contributed by atoms with Crippen LogP contribution in [0.2, 0.25) is 0 Å². The molecule has 0 atom stereocenters. The van der Waals surface area contributed by atoms with Crippen molar-refractivity contribution in [3.63, 3.8) is 0 Å². The van der Waals surface area contributed by atoms with Crippen molar-refractivity contribution in [2.45, 2.75) is 12.8 Å². The monoisotopic (exact) mass is 207 g/mol. The molecular formula is C11H17N3O. The highest BCUT2D eigenvalue weighted by Crippen LogP contribution is 2.10. The fraction of sp³-hybridized carbons (Fsp3) is 0.364. The van der Waals surface area contributed by atoms with Crippen LogP contribution in [0.5, 0.6) is 0 Å². The molecule has 0 spiro atoms. The minimum Gasteiger partial charge on any atom is -0.385 e. The second kappa shape index (κ2) is 6.98. The van der Waals surface area contributed by atoms with Gasteiger partial charge in [-0.25, -0.2) is 10.8 Å². The van der Waals surface area contributed by atoms with Gasteiger partial charge in [-0.2, -0.15) is 0 Å².